The Hall–Kier alpha value is -1.84. The van der Waals surface area contributed by atoms with Gasteiger partial charge in [-0.15, -0.1) is 0 Å². The van der Waals surface area contributed by atoms with Crippen LogP contribution in [0.15, 0.2) is 24.3 Å². The van der Waals surface area contributed by atoms with Crippen LogP contribution in [0.5, 0.6) is 0 Å². The van der Waals surface area contributed by atoms with Crippen molar-refractivity contribution in [2.45, 2.75) is 51.9 Å². The van der Waals surface area contributed by atoms with E-state index in [-0.39, 0.29) is 5.91 Å². The number of carbonyl (C=O) groups is 2. The average molecular weight is 303 g/mol. The number of hydrogen-bond acceptors (Lipinski definition) is 2. The summed E-state index contributed by atoms with van der Waals surface area (Å²) in [7, 11) is 0. The Balaban J connectivity index is 2.06. The fraction of sp³-hybridized carbons (Fsp3) is 0.556. The molecule has 4 nitrogen and oxygen atoms in total. The molecule has 0 aliphatic heterocycles. The van der Waals surface area contributed by atoms with E-state index in [1.165, 1.54) is 5.56 Å². The zero-order valence-electron chi connectivity index (χ0n) is 13.6. The minimum Gasteiger partial charge on any atom is -0.481 e. The first-order valence-electron chi connectivity index (χ1n) is 7.87. The monoisotopic (exact) mass is 303 g/mol. The number of benzene rings is 1. The summed E-state index contributed by atoms with van der Waals surface area (Å²) >= 11 is 0. The minimum atomic E-state index is -0.837. The van der Waals surface area contributed by atoms with Crippen LogP contribution >= 0.6 is 0 Å². The van der Waals surface area contributed by atoms with E-state index < -0.39 is 16.8 Å². The van der Waals surface area contributed by atoms with Crippen molar-refractivity contribution in [2.75, 3.05) is 6.54 Å². The number of amides is 1. The van der Waals surface area contributed by atoms with Crippen molar-refractivity contribution in [1.82, 2.24) is 5.32 Å². The van der Waals surface area contributed by atoms with Gasteiger partial charge in [-0.3, -0.25) is 9.59 Å². The first-order valence-corrected chi connectivity index (χ1v) is 7.87. The lowest BCUT2D eigenvalue weighted by Crippen LogP contribution is -2.45. The highest BCUT2D eigenvalue weighted by atomic mass is 16.4. The van der Waals surface area contributed by atoms with Crippen molar-refractivity contribution < 1.29 is 14.7 Å². The number of aliphatic carboxylic acids is 1. The highest BCUT2D eigenvalue weighted by molar-refractivity contribution is 5.88. The molecule has 1 atom stereocenters. The molecule has 0 radical (unpaired) electrons. The zero-order valence-corrected chi connectivity index (χ0v) is 13.6. The van der Waals surface area contributed by atoms with Crippen LogP contribution in [-0.2, 0) is 21.4 Å². The second-order valence-electron chi connectivity index (χ2n) is 7.04. The molecule has 1 amide bonds. The van der Waals surface area contributed by atoms with E-state index in [9.17, 15) is 9.59 Å². The van der Waals surface area contributed by atoms with Gasteiger partial charge >= 0.3 is 5.97 Å². The van der Waals surface area contributed by atoms with Crippen molar-refractivity contribution in [3.05, 3.63) is 35.4 Å². The van der Waals surface area contributed by atoms with Gasteiger partial charge in [0.2, 0.25) is 5.91 Å². The Labute approximate surface area is 131 Å². The molecule has 0 bridgehead atoms. The number of carbonyl (C=O) groups excluding carboxylic acids is 1. The highest BCUT2D eigenvalue weighted by Gasteiger charge is 2.38. The van der Waals surface area contributed by atoms with E-state index >= 15 is 0 Å². The zero-order chi connectivity index (χ0) is 16.4. The van der Waals surface area contributed by atoms with E-state index in [0.717, 1.165) is 24.8 Å². The molecule has 0 fully saturated rings. The normalized spacial score (nSPS) is 21.0. The molecule has 0 saturated heterocycles. The van der Waals surface area contributed by atoms with E-state index in [0.29, 0.717) is 13.0 Å². The molecule has 1 unspecified atom stereocenters. The summed E-state index contributed by atoms with van der Waals surface area (Å²) < 4.78 is 0. The molecule has 22 heavy (non-hydrogen) atoms. The van der Waals surface area contributed by atoms with Gasteiger partial charge in [-0.1, -0.05) is 24.3 Å². The third-order valence-corrected chi connectivity index (χ3v) is 4.85. The third kappa shape index (κ3) is 3.16. The van der Waals surface area contributed by atoms with Crippen molar-refractivity contribution in [2.24, 2.45) is 5.41 Å². The summed E-state index contributed by atoms with van der Waals surface area (Å²) in [5, 5.41) is 12.1. The van der Waals surface area contributed by atoms with E-state index in [1.807, 2.05) is 25.1 Å². The standard InChI is InChI=1S/C18H25NO3/c1-17(2,16(21)22)11-12-19-15(20)18(3)10-6-8-13-7-4-5-9-14(13)18/h4-5,7,9H,6,8,10-12H2,1-3H3,(H,19,20)(H,21,22). The third-order valence-electron chi connectivity index (χ3n) is 4.85. The number of aryl methyl sites for hydroxylation is 1. The lowest BCUT2D eigenvalue weighted by Gasteiger charge is -2.35. The summed E-state index contributed by atoms with van der Waals surface area (Å²) in [5.74, 6) is -0.836. The molecule has 1 aliphatic carbocycles. The summed E-state index contributed by atoms with van der Waals surface area (Å²) in [5.41, 5.74) is 1.02. The van der Waals surface area contributed by atoms with Crippen molar-refractivity contribution in [3.63, 3.8) is 0 Å². The molecular formula is C18H25NO3. The second kappa shape index (κ2) is 6.11. The molecule has 4 heteroatoms. The topological polar surface area (TPSA) is 66.4 Å². The molecule has 0 heterocycles. The van der Waals surface area contributed by atoms with Gasteiger partial charge in [0.1, 0.15) is 0 Å². The lowest BCUT2D eigenvalue weighted by atomic mass is 9.70. The molecule has 1 aromatic rings. The van der Waals surface area contributed by atoms with Gasteiger partial charge in [0.15, 0.2) is 0 Å². The van der Waals surface area contributed by atoms with E-state index in [4.69, 9.17) is 5.11 Å². The van der Waals surface area contributed by atoms with Crippen LogP contribution in [0.25, 0.3) is 0 Å². The largest absolute Gasteiger partial charge is 0.481 e. The van der Waals surface area contributed by atoms with Gasteiger partial charge in [-0.25, -0.2) is 0 Å². The van der Waals surface area contributed by atoms with Crippen LogP contribution in [0.3, 0.4) is 0 Å². The maximum atomic E-state index is 12.7. The molecule has 1 aliphatic rings. The number of carboxylic acids is 1. The van der Waals surface area contributed by atoms with Gasteiger partial charge in [-0.05, 0) is 57.6 Å². The Morgan fingerprint density at radius 2 is 2.00 bits per heavy atom. The second-order valence-corrected chi connectivity index (χ2v) is 7.04. The number of hydrogen-bond donors (Lipinski definition) is 2. The van der Waals surface area contributed by atoms with Crippen LogP contribution in [0.4, 0.5) is 0 Å². The summed E-state index contributed by atoms with van der Waals surface area (Å²) in [4.78, 5) is 23.8. The Morgan fingerprint density at radius 3 is 2.68 bits per heavy atom. The summed E-state index contributed by atoms with van der Waals surface area (Å²) in [6, 6.07) is 8.11. The first-order chi connectivity index (χ1) is 10.3. The van der Waals surface area contributed by atoms with Crippen LogP contribution in [0.1, 0.15) is 51.2 Å². The van der Waals surface area contributed by atoms with Crippen LogP contribution in [0, 0.1) is 5.41 Å². The predicted octanol–water partition coefficient (Wildman–Crippen LogP) is 2.90. The van der Waals surface area contributed by atoms with Gasteiger partial charge in [-0.2, -0.15) is 0 Å². The Bertz CT molecular complexity index is 579. The Morgan fingerprint density at radius 1 is 1.32 bits per heavy atom. The van der Waals surface area contributed by atoms with Gasteiger partial charge in [0.05, 0.1) is 10.8 Å². The molecule has 2 rings (SSSR count). The van der Waals surface area contributed by atoms with Crippen LogP contribution in [-0.4, -0.2) is 23.5 Å². The Kier molecular flexibility index (Phi) is 4.59. The van der Waals surface area contributed by atoms with Crippen LogP contribution in [0.2, 0.25) is 0 Å². The molecule has 2 N–H and O–H groups in total. The highest BCUT2D eigenvalue weighted by Crippen LogP contribution is 2.37. The van der Waals surface area contributed by atoms with Gasteiger partial charge in [0, 0.05) is 6.54 Å². The molecule has 0 spiro atoms. The van der Waals surface area contributed by atoms with Gasteiger partial charge < -0.3 is 10.4 Å². The molecule has 0 saturated carbocycles. The first kappa shape index (κ1) is 16.5. The van der Waals surface area contributed by atoms with Crippen molar-refractivity contribution in [1.29, 1.82) is 0 Å². The molecular weight excluding hydrogens is 278 g/mol. The maximum absolute atomic E-state index is 12.7. The lowest BCUT2D eigenvalue weighted by molar-refractivity contribution is -0.147. The predicted molar refractivity (Wildman–Crippen MR) is 85.8 cm³/mol. The van der Waals surface area contributed by atoms with E-state index in [1.54, 1.807) is 13.8 Å². The maximum Gasteiger partial charge on any atom is 0.309 e. The number of fused-ring (bicyclic) bond motifs is 1. The quantitative estimate of drug-likeness (QED) is 0.879. The molecule has 120 valence electrons. The SMILES string of the molecule is CC(C)(CCNC(=O)C1(C)CCCc2ccccc21)C(=O)O. The minimum absolute atomic E-state index is 0.000777. The summed E-state index contributed by atoms with van der Waals surface area (Å²) in [6.45, 7) is 5.73. The smallest absolute Gasteiger partial charge is 0.309 e. The number of rotatable bonds is 5. The fourth-order valence-corrected chi connectivity index (χ4v) is 3.07. The van der Waals surface area contributed by atoms with Crippen molar-refractivity contribution >= 4 is 11.9 Å². The van der Waals surface area contributed by atoms with Gasteiger partial charge in [0.25, 0.3) is 0 Å². The number of carboxylic acid groups (broad SMARTS) is 1. The molecule has 0 aromatic heterocycles. The van der Waals surface area contributed by atoms with Crippen LogP contribution < -0.4 is 5.32 Å². The van der Waals surface area contributed by atoms with E-state index in [2.05, 4.69) is 11.4 Å². The fourth-order valence-electron chi connectivity index (χ4n) is 3.07. The average Bonchev–Trinajstić information content (AvgIpc) is 2.47. The summed E-state index contributed by atoms with van der Waals surface area (Å²) in [6.07, 6.45) is 3.27. The van der Waals surface area contributed by atoms with Crippen molar-refractivity contribution in [3.8, 4) is 0 Å². The molecule has 1 aromatic carbocycles. The number of nitrogens with one attached hydrogen (secondary N) is 1.